The van der Waals surface area contributed by atoms with Gasteiger partial charge in [0.2, 0.25) is 0 Å². The molecule has 4 heteroatoms. The zero-order valence-corrected chi connectivity index (χ0v) is 9.66. The average Bonchev–Trinajstić information content (AvgIpc) is 2.30. The first-order chi connectivity index (χ1) is 7.31. The summed E-state index contributed by atoms with van der Waals surface area (Å²) in [6, 6.07) is 5.97. The van der Waals surface area contributed by atoms with Crippen LogP contribution >= 0.6 is 0 Å². The summed E-state index contributed by atoms with van der Waals surface area (Å²) in [6.07, 6.45) is 0. The number of pyridine rings is 1. The summed E-state index contributed by atoms with van der Waals surface area (Å²) in [5, 5.41) is 3.03. The second-order valence-electron chi connectivity index (χ2n) is 3.20. The summed E-state index contributed by atoms with van der Waals surface area (Å²) >= 11 is 0. The molecule has 0 atom stereocenters. The molecule has 0 fully saturated rings. The zero-order valence-electron chi connectivity index (χ0n) is 9.66. The molecule has 0 unspecified atom stereocenters. The van der Waals surface area contributed by atoms with Gasteiger partial charge in [0.05, 0.1) is 6.61 Å². The van der Waals surface area contributed by atoms with E-state index in [0.717, 1.165) is 31.3 Å². The van der Waals surface area contributed by atoms with E-state index in [0.29, 0.717) is 0 Å². The molecule has 4 nitrogen and oxygen atoms in total. The molecule has 0 amide bonds. The van der Waals surface area contributed by atoms with E-state index >= 15 is 0 Å². The molecule has 1 N–H and O–H groups in total. The maximum absolute atomic E-state index is 5.07. The van der Waals surface area contributed by atoms with Gasteiger partial charge in [-0.15, -0.1) is 0 Å². The summed E-state index contributed by atoms with van der Waals surface area (Å²) in [6.45, 7) is 4.64. The molecule has 84 valence electrons. The van der Waals surface area contributed by atoms with Gasteiger partial charge in [-0.25, -0.2) is 4.98 Å². The van der Waals surface area contributed by atoms with Crippen molar-refractivity contribution in [1.29, 1.82) is 0 Å². The highest BCUT2D eigenvalue weighted by atomic mass is 16.5. The van der Waals surface area contributed by atoms with Crippen LogP contribution in [-0.2, 0) is 4.74 Å². The van der Waals surface area contributed by atoms with Gasteiger partial charge in [-0.05, 0) is 19.1 Å². The van der Waals surface area contributed by atoms with Gasteiger partial charge in [0.1, 0.15) is 11.6 Å². The molecular weight excluding hydrogens is 190 g/mol. The lowest BCUT2D eigenvalue weighted by Gasteiger charge is -2.21. The van der Waals surface area contributed by atoms with E-state index in [-0.39, 0.29) is 0 Å². The Morgan fingerprint density at radius 2 is 2.27 bits per heavy atom. The highest BCUT2D eigenvalue weighted by Gasteiger charge is 2.05. The lowest BCUT2D eigenvalue weighted by molar-refractivity contribution is 0.205. The van der Waals surface area contributed by atoms with Crippen LogP contribution in [0.4, 0.5) is 11.6 Å². The van der Waals surface area contributed by atoms with E-state index in [1.165, 1.54) is 0 Å². The van der Waals surface area contributed by atoms with Crippen LogP contribution in [0.25, 0.3) is 0 Å². The molecular formula is C11H19N3O. The van der Waals surface area contributed by atoms with Gasteiger partial charge in [0, 0.05) is 27.2 Å². The molecule has 1 aromatic heterocycles. The van der Waals surface area contributed by atoms with Crippen molar-refractivity contribution >= 4 is 11.6 Å². The Labute approximate surface area is 91.3 Å². The lowest BCUT2D eigenvalue weighted by Crippen LogP contribution is -2.27. The van der Waals surface area contributed by atoms with Crippen LogP contribution in [0.2, 0.25) is 0 Å². The topological polar surface area (TPSA) is 37.4 Å². The number of nitrogens with one attached hydrogen (secondary N) is 1. The van der Waals surface area contributed by atoms with Crippen LogP contribution in [0.15, 0.2) is 18.2 Å². The van der Waals surface area contributed by atoms with E-state index in [1.807, 2.05) is 25.2 Å². The molecule has 0 aliphatic rings. The van der Waals surface area contributed by atoms with E-state index in [2.05, 4.69) is 22.1 Å². The van der Waals surface area contributed by atoms with Gasteiger partial charge in [-0.2, -0.15) is 0 Å². The SMILES string of the molecule is CCN(CCOC)c1cccc(NC)n1. The van der Waals surface area contributed by atoms with E-state index in [1.54, 1.807) is 7.11 Å². The normalized spacial score (nSPS) is 10.1. The first-order valence-electron chi connectivity index (χ1n) is 5.20. The smallest absolute Gasteiger partial charge is 0.131 e. The van der Waals surface area contributed by atoms with Crippen LogP contribution < -0.4 is 10.2 Å². The number of ether oxygens (including phenoxy) is 1. The predicted molar refractivity (Wildman–Crippen MR) is 63.5 cm³/mol. The van der Waals surface area contributed by atoms with E-state index < -0.39 is 0 Å². The largest absolute Gasteiger partial charge is 0.383 e. The minimum Gasteiger partial charge on any atom is -0.383 e. The Morgan fingerprint density at radius 1 is 1.47 bits per heavy atom. The fourth-order valence-corrected chi connectivity index (χ4v) is 1.37. The molecule has 15 heavy (non-hydrogen) atoms. The maximum atomic E-state index is 5.07. The number of anilines is 2. The summed E-state index contributed by atoms with van der Waals surface area (Å²) in [4.78, 5) is 6.66. The summed E-state index contributed by atoms with van der Waals surface area (Å²) in [5.41, 5.74) is 0. The summed E-state index contributed by atoms with van der Waals surface area (Å²) in [5.74, 6) is 1.88. The number of methoxy groups -OCH3 is 1. The van der Waals surface area contributed by atoms with Crippen molar-refractivity contribution in [3.8, 4) is 0 Å². The summed E-state index contributed by atoms with van der Waals surface area (Å²) < 4.78 is 5.07. The van der Waals surface area contributed by atoms with Crippen LogP contribution in [0, 0.1) is 0 Å². The molecule has 0 saturated heterocycles. The van der Waals surface area contributed by atoms with Crippen molar-refractivity contribution in [2.45, 2.75) is 6.92 Å². The minimum absolute atomic E-state index is 0.722. The second-order valence-corrected chi connectivity index (χ2v) is 3.20. The Balaban J connectivity index is 2.72. The molecule has 0 aliphatic carbocycles. The molecule has 0 spiro atoms. The molecule has 0 aromatic carbocycles. The van der Waals surface area contributed by atoms with Crippen LogP contribution in [0.1, 0.15) is 6.92 Å². The summed E-state index contributed by atoms with van der Waals surface area (Å²) in [7, 11) is 3.59. The second kappa shape index (κ2) is 6.24. The predicted octanol–water partition coefficient (Wildman–Crippen LogP) is 1.60. The molecule has 0 aliphatic heterocycles. The van der Waals surface area contributed by atoms with Crippen LogP contribution in [0.5, 0.6) is 0 Å². The van der Waals surface area contributed by atoms with E-state index in [4.69, 9.17) is 4.74 Å². The van der Waals surface area contributed by atoms with Crippen molar-refractivity contribution in [3.05, 3.63) is 18.2 Å². The van der Waals surface area contributed by atoms with Gasteiger partial charge in [0.15, 0.2) is 0 Å². The first-order valence-corrected chi connectivity index (χ1v) is 5.20. The molecule has 0 radical (unpaired) electrons. The van der Waals surface area contributed by atoms with Gasteiger partial charge in [-0.1, -0.05) is 6.07 Å². The quantitative estimate of drug-likeness (QED) is 0.772. The molecule has 1 heterocycles. The Bertz CT molecular complexity index is 291. The molecule has 1 rings (SSSR count). The number of likely N-dealkylation sites (N-methyl/N-ethyl adjacent to an activating group) is 1. The van der Waals surface area contributed by atoms with Gasteiger partial charge < -0.3 is 15.0 Å². The van der Waals surface area contributed by atoms with Gasteiger partial charge in [0.25, 0.3) is 0 Å². The maximum Gasteiger partial charge on any atom is 0.131 e. The fourth-order valence-electron chi connectivity index (χ4n) is 1.37. The minimum atomic E-state index is 0.722. The Hall–Kier alpha value is -1.29. The van der Waals surface area contributed by atoms with Gasteiger partial charge >= 0.3 is 0 Å². The highest BCUT2D eigenvalue weighted by molar-refractivity contribution is 5.46. The van der Waals surface area contributed by atoms with E-state index in [9.17, 15) is 0 Å². The monoisotopic (exact) mass is 209 g/mol. The number of aromatic nitrogens is 1. The standard InChI is InChI=1S/C11H19N3O/c1-4-14(8-9-15-3)11-7-5-6-10(12-2)13-11/h5-7H,4,8-9H2,1-3H3,(H,12,13). The average molecular weight is 209 g/mol. The lowest BCUT2D eigenvalue weighted by atomic mass is 10.4. The van der Waals surface area contributed by atoms with Crippen molar-refractivity contribution in [1.82, 2.24) is 4.98 Å². The molecule has 0 saturated carbocycles. The Kier molecular flexibility index (Phi) is 4.90. The van der Waals surface area contributed by atoms with Crippen molar-refractivity contribution in [2.24, 2.45) is 0 Å². The molecule has 0 bridgehead atoms. The van der Waals surface area contributed by atoms with Crippen LogP contribution in [-0.4, -0.2) is 38.8 Å². The highest BCUT2D eigenvalue weighted by Crippen LogP contribution is 2.13. The number of hydrogen-bond acceptors (Lipinski definition) is 4. The fraction of sp³-hybridized carbons (Fsp3) is 0.545. The zero-order chi connectivity index (χ0) is 11.1. The van der Waals surface area contributed by atoms with Gasteiger partial charge in [-0.3, -0.25) is 0 Å². The third kappa shape index (κ3) is 3.40. The Morgan fingerprint density at radius 3 is 2.87 bits per heavy atom. The van der Waals surface area contributed by atoms with Crippen molar-refractivity contribution < 1.29 is 4.74 Å². The third-order valence-corrected chi connectivity index (χ3v) is 2.26. The number of nitrogens with zero attached hydrogens (tertiary/aromatic N) is 2. The number of hydrogen-bond donors (Lipinski definition) is 1. The number of rotatable bonds is 6. The van der Waals surface area contributed by atoms with Crippen molar-refractivity contribution in [3.63, 3.8) is 0 Å². The third-order valence-electron chi connectivity index (χ3n) is 2.26. The molecule has 1 aromatic rings. The van der Waals surface area contributed by atoms with Crippen molar-refractivity contribution in [2.75, 3.05) is 44.1 Å². The van der Waals surface area contributed by atoms with Crippen LogP contribution in [0.3, 0.4) is 0 Å². The first kappa shape index (κ1) is 11.8.